The van der Waals surface area contributed by atoms with Gasteiger partial charge in [0.1, 0.15) is 0 Å². The average Bonchev–Trinajstić information content (AvgIpc) is 2.68. The van der Waals surface area contributed by atoms with Gasteiger partial charge in [0.05, 0.1) is 11.0 Å². The summed E-state index contributed by atoms with van der Waals surface area (Å²) in [6, 6.07) is 4.27. The molecular weight excluding hydrogens is 404 g/mol. The zero-order valence-corrected chi connectivity index (χ0v) is 17.3. The Morgan fingerprint density at radius 2 is 1.96 bits per heavy atom. The second-order valence-electron chi connectivity index (χ2n) is 7.29. The molecule has 2 amide bonds. The van der Waals surface area contributed by atoms with E-state index in [9.17, 15) is 18.3 Å². The summed E-state index contributed by atoms with van der Waals surface area (Å²) in [6.07, 6.45) is 2.15. The van der Waals surface area contributed by atoms with Gasteiger partial charge in [-0.2, -0.15) is 4.31 Å². The van der Waals surface area contributed by atoms with Crippen LogP contribution in [0.15, 0.2) is 23.1 Å². The first kappa shape index (κ1) is 21.3. The third-order valence-corrected chi connectivity index (χ3v) is 7.67. The minimum atomic E-state index is -3.76. The van der Waals surface area contributed by atoms with E-state index in [0.717, 1.165) is 0 Å². The van der Waals surface area contributed by atoms with E-state index < -0.39 is 10.0 Å². The van der Waals surface area contributed by atoms with Gasteiger partial charge in [-0.15, -0.1) is 0 Å². The number of hydrogen-bond acceptors (Lipinski definition) is 5. The zero-order chi connectivity index (χ0) is 20.3. The number of nitrogens with zero attached hydrogens (tertiary/aromatic N) is 2. The average molecular weight is 431 g/mol. The topological polar surface area (TPSA) is 116 Å². The number of halogens is 1. The molecule has 2 aliphatic heterocycles. The molecule has 0 spiro atoms. The highest BCUT2D eigenvalue weighted by molar-refractivity contribution is 7.89. The Labute approximate surface area is 170 Å². The third-order valence-electron chi connectivity index (χ3n) is 5.36. The summed E-state index contributed by atoms with van der Waals surface area (Å²) < 4.78 is 27.7. The summed E-state index contributed by atoms with van der Waals surface area (Å²) in [4.78, 5) is 14.3. The van der Waals surface area contributed by atoms with Gasteiger partial charge in [-0.25, -0.2) is 13.2 Å². The fraction of sp³-hybridized carbons (Fsp3) is 0.611. The van der Waals surface area contributed by atoms with E-state index in [2.05, 4.69) is 5.32 Å². The van der Waals surface area contributed by atoms with Gasteiger partial charge in [-0.1, -0.05) is 17.7 Å². The lowest BCUT2D eigenvalue weighted by molar-refractivity contribution is 0.0920. The molecule has 1 aromatic rings. The number of rotatable bonds is 4. The van der Waals surface area contributed by atoms with Crippen LogP contribution in [0.1, 0.15) is 31.2 Å². The van der Waals surface area contributed by atoms with Crippen molar-refractivity contribution in [3.05, 3.63) is 28.8 Å². The maximum absolute atomic E-state index is 13.1. The van der Waals surface area contributed by atoms with E-state index in [1.54, 1.807) is 17.0 Å². The highest BCUT2D eigenvalue weighted by Crippen LogP contribution is 2.28. The molecule has 1 aromatic carbocycles. The predicted octanol–water partition coefficient (Wildman–Crippen LogP) is 1.12. The smallest absolute Gasteiger partial charge is 0.317 e. The Morgan fingerprint density at radius 3 is 2.64 bits per heavy atom. The lowest BCUT2D eigenvalue weighted by Gasteiger charge is -2.35. The number of carbonyl (C=O) groups excluding carboxylic acids is 1. The van der Waals surface area contributed by atoms with Gasteiger partial charge >= 0.3 is 6.03 Å². The molecule has 1 atom stereocenters. The first-order valence-electron chi connectivity index (χ1n) is 9.54. The Balaban J connectivity index is 1.69. The summed E-state index contributed by atoms with van der Waals surface area (Å²) in [6.45, 7) is 1.64. The molecule has 2 heterocycles. The van der Waals surface area contributed by atoms with Crippen LogP contribution in [0.4, 0.5) is 4.79 Å². The number of amides is 2. The Hall–Kier alpha value is -1.39. The van der Waals surface area contributed by atoms with Crippen LogP contribution in [0.25, 0.3) is 0 Å². The lowest BCUT2D eigenvalue weighted by Crippen LogP contribution is -2.54. The fourth-order valence-corrected chi connectivity index (χ4v) is 5.82. The summed E-state index contributed by atoms with van der Waals surface area (Å²) in [5.74, 6) is 0. The van der Waals surface area contributed by atoms with E-state index in [0.29, 0.717) is 55.9 Å². The molecule has 0 aromatic heterocycles. The van der Waals surface area contributed by atoms with Crippen molar-refractivity contribution in [1.29, 1.82) is 0 Å². The van der Waals surface area contributed by atoms with Crippen molar-refractivity contribution in [3.8, 4) is 0 Å². The minimum Gasteiger partial charge on any atom is -0.393 e. The molecule has 28 heavy (non-hydrogen) atoms. The molecule has 8 nitrogen and oxygen atoms in total. The normalized spacial score (nSPS) is 22.2. The Kier molecular flexibility index (Phi) is 6.82. The number of nitrogens with one attached hydrogen (secondary N) is 1. The second-order valence-corrected chi connectivity index (χ2v) is 9.60. The molecule has 0 bridgehead atoms. The summed E-state index contributed by atoms with van der Waals surface area (Å²) >= 11 is 6.12. The zero-order valence-electron chi connectivity index (χ0n) is 15.7. The van der Waals surface area contributed by atoms with Crippen molar-refractivity contribution >= 4 is 27.7 Å². The van der Waals surface area contributed by atoms with Crippen molar-refractivity contribution < 1.29 is 18.3 Å². The van der Waals surface area contributed by atoms with Crippen LogP contribution in [-0.4, -0.2) is 67.1 Å². The maximum Gasteiger partial charge on any atom is 0.317 e. The van der Waals surface area contributed by atoms with Crippen LogP contribution >= 0.6 is 11.6 Å². The highest BCUT2D eigenvalue weighted by Gasteiger charge is 2.33. The minimum absolute atomic E-state index is 0.0308. The molecule has 2 aliphatic rings. The number of benzene rings is 1. The number of aliphatic hydroxyl groups excluding tert-OH is 1. The van der Waals surface area contributed by atoms with Crippen LogP contribution in [0.2, 0.25) is 5.02 Å². The largest absolute Gasteiger partial charge is 0.393 e. The summed E-state index contributed by atoms with van der Waals surface area (Å²) in [5, 5.41) is 12.9. The van der Waals surface area contributed by atoms with Crippen LogP contribution in [0, 0.1) is 0 Å². The molecule has 0 unspecified atom stereocenters. The molecule has 10 heteroatoms. The monoisotopic (exact) mass is 430 g/mol. The van der Waals surface area contributed by atoms with Gasteiger partial charge in [0.2, 0.25) is 10.0 Å². The first-order valence-corrected chi connectivity index (χ1v) is 11.4. The molecule has 2 saturated heterocycles. The predicted molar refractivity (Wildman–Crippen MR) is 106 cm³/mol. The van der Waals surface area contributed by atoms with E-state index >= 15 is 0 Å². The van der Waals surface area contributed by atoms with Crippen molar-refractivity contribution in [3.63, 3.8) is 0 Å². The van der Waals surface area contributed by atoms with Crippen molar-refractivity contribution in [2.45, 2.75) is 49.3 Å². The fourth-order valence-electron chi connectivity index (χ4n) is 3.73. The number of carbonyl (C=O) groups is 1. The van der Waals surface area contributed by atoms with Crippen LogP contribution in [-0.2, 0) is 16.6 Å². The van der Waals surface area contributed by atoms with Crippen molar-refractivity contribution in [1.82, 2.24) is 14.5 Å². The number of hydrogen-bond donors (Lipinski definition) is 3. The lowest BCUT2D eigenvalue weighted by atomic mass is 10.1. The number of piperidine rings is 2. The number of likely N-dealkylation sites (tertiary alicyclic amines) is 1. The molecule has 0 radical (unpaired) electrons. The van der Waals surface area contributed by atoms with Gasteiger partial charge < -0.3 is 21.1 Å². The molecule has 4 N–H and O–H groups in total. The van der Waals surface area contributed by atoms with Gasteiger partial charge in [0.15, 0.2) is 0 Å². The number of nitrogens with two attached hydrogens (primary N) is 1. The number of sulfonamides is 1. The van der Waals surface area contributed by atoms with E-state index in [4.69, 9.17) is 17.3 Å². The Bertz CT molecular complexity index is 812. The van der Waals surface area contributed by atoms with E-state index in [1.807, 2.05) is 0 Å². The SMILES string of the molecule is NCc1c(Cl)cccc1S(=O)(=O)N1CCC[C@H](NC(=O)N2CCC(O)CC2)C1. The molecule has 2 fully saturated rings. The molecule has 156 valence electrons. The number of aliphatic hydroxyl groups is 1. The van der Waals surface area contributed by atoms with Crippen LogP contribution in [0.3, 0.4) is 0 Å². The first-order chi connectivity index (χ1) is 13.3. The van der Waals surface area contributed by atoms with Gasteiger partial charge in [0.25, 0.3) is 0 Å². The molecule has 0 aliphatic carbocycles. The van der Waals surface area contributed by atoms with Crippen molar-refractivity contribution in [2.75, 3.05) is 26.2 Å². The summed E-state index contributed by atoms with van der Waals surface area (Å²) in [5.41, 5.74) is 6.12. The van der Waals surface area contributed by atoms with Crippen molar-refractivity contribution in [2.24, 2.45) is 5.73 Å². The Morgan fingerprint density at radius 1 is 1.25 bits per heavy atom. The standard InChI is InChI=1S/C18H27ClN4O4S/c19-16-4-1-5-17(15(16)11-20)28(26,27)23-8-2-3-13(12-23)21-18(25)22-9-6-14(24)7-10-22/h1,4-5,13-14,24H,2-3,6-12,20H2,(H,21,25)/t13-/m0/s1. The maximum atomic E-state index is 13.1. The van der Waals surface area contributed by atoms with E-state index in [-0.39, 0.29) is 36.2 Å². The second kappa shape index (κ2) is 8.96. The van der Waals surface area contributed by atoms with E-state index in [1.165, 1.54) is 10.4 Å². The van der Waals surface area contributed by atoms with Gasteiger partial charge in [-0.3, -0.25) is 0 Å². The summed E-state index contributed by atoms with van der Waals surface area (Å²) in [7, 11) is -3.76. The van der Waals surface area contributed by atoms with Gasteiger partial charge in [0, 0.05) is 49.4 Å². The molecule has 0 saturated carbocycles. The quantitative estimate of drug-likeness (QED) is 0.661. The van der Waals surface area contributed by atoms with Crippen LogP contribution in [0.5, 0.6) is 0 Å². The van der Waals surface area contributed by atoms with Crippen LogP contribution < -0.4 is 11.1 Å². The van der Waals surface area contributed by atoms with Gasteiger partial charge in [-0.05, 0) is 37.8 Å². The third kappa shape index (κ3) is 4.60. The molecule has 3 rings (SSSR count). The number of urea groups is 1. The molecular formula is C18H27ClN4O4S. The highest BCUT2D eigenvalue weighted by atomic mass is 35.5.